The quantitative estimate of drug-likeness (QED) is 0.899. The molecular formula is C20H25ClN2O. The maximum atomic E-state index is 10.4. The van der Waals surface area contributed by atoms with Crippen molar-refractivity contribution >= 4 is 11.6 Å². The Kier molecular flexibility index (Phi) is 5.90. The van der Waals surface area contributed by atoms with Crippen LogP contribution in [0.25, 0.3) is 0 Å². The SMILES string of the molecule is Cc1ccc(CN2CCN(CC(O)c3cccc(Cl)c3)CC2)cc1. The normalized spacial score (nSPS) is 17.8. The highest BCUT2D eigenvalue weighted by Crippen LogP contribution is 2.19. The zero-order valence-corrected chi connectivity index (χ0v) is 14.9. The molecule has 0 aliphatic carbocycles. The molecule has 1 heterocycles. The number of β-amino-alcohol motifs (C(OH)–C–C–N with tert-alkyl or cyclic N) is 1. The summed E-state index contributed by atoms with van der Waals surface area (Å²) >= 11 is 6.01. The molecule has 1 aliphatic heterocycles. The summed E-state index contributed by atoms with van der Waals surface area (Å²) in [7, 11) is 0. The average Bonchev–Trinajstić information content (AvgIpc) is 2.59. The topological polar surface area (TPSA) is 26.7 Å². The molecule has 1 saturated heterocycles. The lowest BCUT2D eigenvalue weighted by Crippen LogP contribution is -2.47. The summed E-state index contributed by atoms with van der Waals surface area (Å²) in [6.07, 6.45) is -0.479. The molecule has 3 rings (SSSR count). The van der Waals surface area contributed by atoms with Gasteiger partial charge >= 0.3 is 0 Å². The van der Waals surface area contributed by atoms with Gasteiger partial charge in [-0.2, -0.15) is 0 Å². The van der Waals surface area contributed by atoms with Crippen molar-refractivity contribution in [3.8, 4) is 0 Å². The number of piperazine rings is 1. The van der Waals surface area contributed by atoms with E-state index < -0.39 is 6.10 Å². The molecule has 1 aliphatic rings. The zero-order chi connectivity index (χ0) is 16.9. The van der Waals surface area contributed by atoms with Crippen LogP contribution >= 0.6 is 11.6 Å². The van der Waals surface area contributed by atoms with Gasteiger partial charge in [-0.05, 0) is 30.2 Å². The van der Waals surface area contributed by atoms with E-state index in [1.54, 1.807) is 0 Å². The van der Waals surface area contributed by atoms with E-state index in [0.29, 0.717) is 11.6 Å². The standard InChI is InChI=1S/C20H25ClN2O/c1-16-5-7-17(8-6-16)14-22-9-11-23(12-10-22)15-20(24)18-3-2-4-19(21)13-18/h2-8,13,20,24H,9-12,14-15H2,1H3. The van der Waals surface area contributed by atoms with E-state index in [2.05, 4.69) is 41.0 Å². The molecule has 1 N–H and O–H groups in total. The van der Waals surface area contributed by atoms with Gasteiger partial charge in [0.05, 0.1) is 6.10 Å². The van der Waals surface area contributed by atoms with Crippen molar-refractivity contribution in [2.75, 3.05) is 32.7 Å². The highest BCUT2D eigenvalue weighted by atomic mass is 35.5. The highest BCUT2D eigenvalue weighted by Gasteiger charge is 2.20. The molecule has 1 unspecified atom stereocenters. The van der Waals surface area contributed by atoms with Crippen LogP contribution in [0.5, 0.6) is 0 Å². The van der Waals surface area contributed by atoms with Crippen LogP contribution in [0.2, 0.25) is 5.02 Å². The fraction of sp³-hybridized carbons (Fsp3) is 0.400. The molecule has 1 fully saturated rings. The molecule has 1 atom stereocenters. The van der Waals surface area contributed by atoms with Crippen LogP contribution in [0.1, 0.15) is 22.8 Å². The number of aryl methyl sites for hydroxylation is 1. The Bertz CT molecular complexity index is 651. The van der Waals surface area contributed by atoms with E-state index >= 15 is 0 Å². The van der Waals surface area contributed by atoms with Crippen molar-refractivity contribution in [1.29, 1.82) is 0 Å². The zero-order valence-electron chi connectivity index (χ0n) is 14.2. The molecule has 0 spiro atoms. The molecule has 0 amide bonds. The van der Waals surface area contributed by atoms with Gasteiger partial charge in [-0.25, -0.2) is 0 Å². The summed E-state index contributed by atoms with van der Waals surface area (Å²) in [6.45, 7) is 7.84. The third-order valence-corrected chi connectivity index (χ3v) is 4.89. The Morgan fingerprint density at radius 3 is 2.33 bits per heavy atom. The van der Waals surface area contributed by atoms with E-state index in [1.165, 1.54) is 11.1 Å². The first kappa shape index (κ1) is 17.4. The van der Waals surface area contributed by atoms with Crippen molar-refractivity contribution in [2.45, 2.75) is 19.6 Å². The van der Waals surface area contributed by atoms with E-state index in [1.807, 2.05) is 24.3 Å². The first-order chi connectivity index (χ1) is 11.6. The van der Waals surface area contributed by atoms with Crippen LogP contribution in [-0.4, -0.2) is 47.6 Å². The molecule has 128 valence electrons. The molecular weight excluding hydrogens is 320 g/mol. The van der Waals surface area contributed by atoms with Crippen LogP contribution < -0.4 is 0 Å². The second kappa shape index (κ2) is 8.13. The number of benzene rings is 2. The van der Waals surface area contributed by atoms with Crippen molar-refractivity contribution in [1.82, 2.24) is 9.80 Å². The number of nitrogens with zero attached hydrogens (tertiary/aromatic N) is 2. The summed E-state index contributed by atoms with van der Waals surface area (Å²) < 4.78 is 0. The largest absolute Gasteiger partial charge is 0.387 e. The number of rotatable bonds is 5. The maximum absolute atomic E-state index is 10.4. The summed E-state index contributed by atoms with van der Waals surface area (Å²) in [6, 6.07) is 16.3. The van der Waals surface area contributed by atoms with Gasteiger partial charge in [-0.15, -0.1) is 0 Å². The van der Waals surface area contributed by atoms with Gasteiger partial charge in [0.1, 0.15) is 0 Å². The molecule has 0 radical (unpaired) electrons. The second-order valence-electron chi connectivity index (χ2n) is 6.63. The van der Waals surface area contributed by atoms with Crippen LogP contribution in [0, 0.1) is 6.92 Å². The lowest BCUT2D eigenvalue weighted by molar-refractivity contribution is 0.0701. The number of aliphatic hydroxyl groups excluding tert-OH is 1. The summed E-state index contributed by atoms with van der Waals surface area (Å²) in [5, 5.41) is 11.1. The minimum atomic E-state index is -0.479. The van der Waals surface area contributed by atoms with Crippen LogP contribution in [0.4, 0.5) is 0 Å². The van der Waals surface area contributed by atoms with E-state index in [0.717, 1.165) is 38.3 Å². The first-order valence-corrected chi connectivity index (χ1v) is 8.92. The Labute approximate surface area is 149 Å². The van der Waals surface area contributed by atoms with Crippen LogP contribution in [0.3, 0.4) is 0 Å². The monoisotopic (exact) mass is 344 g/mol. The highest BCUT2D eigenvalue weighted by molar-refractivity contribution is 6.30. The number of halogens is 1. The number of aliphatic hydroxyl groups is 1. The van der Waals surface area contributed by atoms with Crippen molar-refractivity contribution in [3.05, 3.63) is 70.2 Å². The molecule has 0 bridgehead atoms. The van der Waals surface area contributed by atoms with Crippen molar-refractivity contribution < 1.29 is 5.11 Å². The van der Waals surface area contributed by atoms with Gasteiger partial charge in [0.15, 0.2) is 0 Å². The molecule has 2 aromatic carbocycles. The molecule has 24 heavy (non-hydrogen) atoms. The summed E-state index contributed by atoms with van der Waals surface area (Å²) in [5.74, 6) is 0. The summed E-state index contributed by atoms with van der Waals surface area (Å²) in [4.78, 5) is 4.81. The predicted octanol–water partition coefficient (Wildman–Crippen LogP) is 3.50. The predicted molar refractivity (Wildman–Crippen MR) is 99.3 cm³/mol. The lowest BCUT2D eigenvalue weighted by Gasteiger charge is -2.35. The van der Waals surface area contributed by atoms with Crippen LogP contribution in [-0.2, 0) is 6.54 Å². The molecule has 3 nitrogen and oxygen atoms in total. The van der Waals surface area contributed by atoms with Gasteiger partial charge in [0.2, 0.25) is 0 Å². The molecule has 0 saturated carbocycles. The van der Waals surface area contributed by atoms with E-state index in [4.69, 9.17) is 11.6 Å². The molecule has 2 aromatic rings. The van der Waals surface area contributed by atoms with Crippen molar-refractivity contribution in [3.63, 3.8) is 0 Å². The Hall–Kier alpha value is -1.39. The van der Waals surface area contributed by atoms with Crippen LogP contribution in [0.15, 0.2) is 48.5 Å². The number of hydrogen-bond donors (Lipinski definition) is 1. The maximum Gasteiger partial charge on any atom is 0.0917 e. The fourth-order valence-electron chi connectivity index (χ4n) is 3.15. The Morgan fingerprint density at radius 2 is 1.67 bits per heavy atom. The third kappa shape index (κ3) is 4.81. The molecule has 0 aromatic heterocycles. The summed E-state index contributed by atoms with van der Waals surface area (Å²) in [5.41, 5.74) is 3.57. The van der Waals surface area contributed by atoms with E-state index in [-0.39, 0.29) is 0 Å². The first-order valence-electron chi connectivity index (χ1n) is 8.54. The third-order valence-electron chi connectivity index (χ3n) is 4.66. The fourth-order valence-corrected chi connectivity index (χ4v) is 3.34. The van der Waals surface area contributed by atoms with Gasteiger partial charge < -0.3 is 5.11 Å². The minimum absolute atomic E-state index is 0.479. The average molecular weight is 345 g/mol. The lowest BCUT2D eigenvalue weighted by atomic mass is 10.1. The molecule has 4 heteroatoms. The van der Waals surface area contributed by atoms with Gasteiger partial charge in [0, 0.05) is 44.3 Å². The minimum Gasteiger partial charge on any atom is -0.387 e. The Morgan fingerprint density at radius 1 is 1.00 bits per heavy atom. The number of hydrogen-bond acceptors (Lipinski definition) is 3. The Balaban J connectivity index is 1.47. The van der Waals surface area contributed by atoms with E-state index in [9.17, 15) is 5.11 Å². The van der Waals surface area contributed by atoms with Gasteiger partial charge in [0.25, 0.3) is 0 Å². The smallest absolute Gasteiger partial charge is 0.0917 e. The van der Waals surface area contributed by atoms with Gasteiger partial charge in [-0.1, -0.05) is 53.6 Å². The van der Waals surface area contributed by atoms with Gasteiger partial charge in [-0.3, -0.25) is 9.80 Å². The van der Waals surface area contributed by atoms with Crippen molar-refractivity contribution in [2.24, 2.45) is 0 Å². The second-order valence-corrected chi connectivity index (χ2v) is 7.07.